The number of aliphatic hydroxyl groups is 1. The van der Waals surface area contributed by atoms with Gasteiger partial charge in [0.2, 0.25) is 0 Å². The second kappa shape index (κ2) is 8.53. The molecule has 29 heavy (non-hydrogen) atoms. The first-order chi connectivity index (χ1) is 13.8. The van der Waals surface area contributed by atoms with E-state index >= 15 is 0 Å². The number of carbonyl (C=O) groups is 1. The Kier molecular flexibility index (Phi) is 6.09. The van der Waals surface area contributed by atoms with E-state index in [-0.39, 0.29) is 35.2 Å². The average Bonchev–Trinajstić information content (AvgIpc) is 3.06. The fraction of sp³-hybridized carbons (Fsp3) is 0.333. The highest BCUT2D eigenvalue weighted by atomic mass is 32.2. The van der Waals surface area contributed by atoms with Crippen molar-refractivity contribution in [2.24, 2.45) is 14.1 Å². The molecule has 0 saturated heterocycles. The van der Waals surface area contributed by atoms with Gasteiger partial charge in [-0.2, -0.15) is 0 Å². The van der Waals surface area contributed by atoms with Crippen molar-refractivity contribution in [3.8, 4) is 5.75 Å². The molecule has 3 rings (SSSR count). The van der Waals surface area contributed by atoms with Gasteiger partial charge in [-0.15, -0.1) is 0 Å². The van der Waals surface area contributed by atoms with Crippen molar-refractivity contribution in [1.29, 1.82) is 0 Å². The van der Waals surface area contributed by atoms with Gasteiger partial charge in [0.15, 0.2) is 16.3 Å². The number of para-hydroxylation sites is 1. The van der Waals surface area contributed by atoms with Gasteiger partial charge in [-0.3, -0.25) is 18.7 Å². The fourth-order valence-electron chi connectivity index (χ4n) is 2.80. The summed E-state index contributed by atoms with van der Waals surface area (Å²) < 4.78 is 9.13. The molecule has 0 amide bonds. The van der Waals surface area contributed by atoms with Crippen LogP contribution >= 0.6 is 11.8 Å². The fourth-order valence-corrected chi connectivity index (χ4v) is 3.53. The van der Waals surface area contributed by atoms with Gasteiger partial charge in [-0.05, 0) is 12.1 Å². The van der Waals surface area contributed by atoms with Crippen molar-refractivity contribution < 1.29 is 19.7 Å². The number of thioether (sulfide) groups is 1. The van der Waals surface area contributed by atoms with E-state index in [2.05, 4.69) is 4.98 Å². The highest BCUT2D eigenvalue weighted by Gasteiger charge is 2.22. The number of ether oxygens (including phenoxy) is 1. The summed E-state index contributed by atoms with van der Waals surface area (Å²) >= 11 is 0.903. The Morgan fingerprint density at radius 1 is 1.21 bits per heavy atom. The Morgan fingerprint density at radius 2 is 1.90 bits per heavy atom. The summed E-state index contributed by atoms with van der Waals surface area (Å²) in [5, 5.41) is 19.7. The average molecular weight is 420 g/mol. The number of fused-ring (bicyclic) bond motifs is 1. The first-order valence-electron chi connectivity index (χ1n) is 8.66. The van der Waals surface area contributed by atoms with Gasteiger partial charge in [0, 0.05) is 14.1 Å². The molecule has 0 aliphatic heterocycles. The highest BCUT2D eigenvalue weighted by molar-refractivity contribution is 7.99. The van der Waals surface area contributed by atoms with Crippen LogP contribution in [0.25, 0.3) is 11.2 Å². The molecule has 10 nitrogen and oxygen atoms in total. The lowest BCUT2D eigenvalue weighted by Gasteiger charge is -2.15. The second-order valence-electron chi connectivity index (χ2n) is 6.34. The number of hydrogen-bond acceptors (Lipinski definition) is 7. The number of carboxylic acid groups (broad SMARTS) is 1. The molecule has 3 aromatic rings. The van der Waals surface area contributed by atoms with E-state index in [1.54, 1.807) is 24.3 Å². The third kappa shape index (κ3) is 4.35. The Labute approximate surface area is 169 Å². The van der Waals surface area contributed by atoms with Gasteiger partial charge in [0.25, 0.3) is 5.56 Å². The number of aliphatic carboxylic acids is 1. The summed E-state index contributed by atoms with van der Waals surface area (Å²) in [6.07, 6.45) is -1.00. The van der Waals surface area contributed by atoms with Gasteiger partial charge < -0.3 is 19.5 Å². The van der Waals surface area contributed by atoms with Crippen LogP contribution in [-0.4, -0.2) is 53.3 Å². The first kappa shape index (κ1) is 20.7. The quantitative estimate of drug-likeness (QED) is 0.489. The molecule has 1 aromatic carbocycles. The lowest BCUT2D eigenvalue weighted by Crippen LogP contribution is -2.38. The smallest absolute Gasteiger partial charge is 0.332 e. The van der Waals surface area contributed by atoms with Crippen LogP contribution in [0.15, 0.2) is 45.1 Å². The number of aliphatic hydroxyl groups excluding tert-OH is 1. The van der Waals surface area contributed by atoms with Gasteiger partial charge in [0.1, 0.15) is 18.5 Å². The van der Waals surface area contributed by atoms with Crippen molar-refractivity contribution >= 4 is 28.9 Å². The number of carboxylic acids is 1. The summed E-state index contributed by atoms with van der Waals surface area (Å²) in [6, 6.07) is 8.94. The van der Waals surface area contributed by atoms with E-state index in [1.165, 1.54) is 23.2 Å². The normalized spacial score (nSPS) is 12.2. The molecule has 2 N–H and O–H groups in total. The SMILES string of the molecule is Cn1c(=O)c2c(nc(SCC(=O)O)n2C[C@H](O)COc2ccccc2)n(C)c1=O. The topological polar surface area (TPSA) is 129 Å². The minimum atomic E-state index is -1.05. The minimum absolute atomic E-state index is 0.0429. The van der Waals surface area contributed by atoms with Crippen LogP contribution in [0.5, 0.6) is 5.75 Å². The molecule has 1 atom stereocenters. The van der Waals surface area contributed by atoms with Crippen LogP contribution in [0.3, 0.4) is 0 Å². The van der Waals surface area contributed by atoms with Crippen molar-refractivity contribution in [1.82, 2.24) is 18.7 Å². The molecule has 0 aliphatic carbocycles. The molecule has 0 unspecified atom stereocenters. The predicted molar refractivity (Wildman–Crippen MR) is 107 cm³/mol. The van der Waals surface area contributed by atoms with E-state index in [0.717, 1.165) is 16.3 Å². The highest BCUT2D eigenvalue weighted by Crippen LogP contribution is 2.22. The molecule has 154 valence electrons. The second-order valence-corrected chi connectivity index (χ2v) is 7.29. The molecular formula is C18H20N4O6S. The molecular weight excluding hydrogens is 400 g/mol. The molecule has 0 spiro atoms. The maximum atomic E-state index is 12.7. The molecule has 0 bridgehead atoms. The number of aromatic nitrogens is 4. The van der Waals surface area contributed by atoms with Crippen LogP contribution < -0.4 is 16.0 Å². The standard InChI is InChI=1S/C18H20N4O6S/c1-20-15-14(16(26)21(2)18(20)27)22(17(19-15)29-10-13(24)25)8-11(23)9-28-12-6-4-3-5-7-12/h3-7,11,23H,8-10H2,1-2H3,(H,24,25)/t11-/m0/s1. The molecule has 0 fully saturated rings. The van der Waals surface area contributed by atoms with Crippen LogP contribution in [0.1, 0.15) is 0 Å². The molecule has 0 saturated carbocycles. The molecule has 2 aromatic heterocycles. The monoisotopic (exact) mass is 420 g/mol. The molecule has 2 heterocycles. The number of aryl methyl sites for hydroxylation is 1. The predicted octanol–water partition coefficient (Wildman–Crippen LogP) is 0.0503. The Balaban J connectivity index is 1.97. The maximum Gasteiger partial charge on any atom is 0.332 e. The molecule has 0 radical (unpaired) electrons. The van der Waals surface area contributed by atoms with Crippen molar-refractivity contribution in [3.05, 3.63) is 51.2 Å². The van der Waals surface area contributed by atoms with Gasteiger partial charge in [0.05, 0.1) is 12.3 Å². The lowest BCUT2D eigenvalue weighted by molar-refractivity contribution is -0.133. The summed E-state index contributed by atoms with van der Waals surface area (Å²) in [7, 11) is 2.82. The summed E-state index contributed by atoms with van der Waals surface area (Å²) in [4.78, 5) is 40.1. The zero-order valence-corrected chi connectivity index (χ0v) is 16.6. The zero-order chi connectivity index (χ0) is 21.1. The minimum Gasteiger partial charge on any atom is -0.491 e. The molecule has 0 aliphatic rings. The van der Waals surface area contributed by atoms with Crippen LogP contribution in [-0.2, 0) is 25.4 Å². The third-order valence-corrected chi connectivity index (χ3v) is 5.18. The van der Waals surface area contributed by atoms with Gasteiger partial charge >= 0.3 is 11.7 Å². The number of rotatable bonds is 8. The third-order valence-electron chi connectivity index (χ3n) is 4.22. The van der Waals surface area contributed by atoms with Crippen LogP contribution in [0.4, 0.5) is 0 Å². The Morgan fingerprint density at radius 3 is 2.55 bits per heavy atom. The zero-order valence-electron chi connectivity index (χ0n) is 15.8. The molecule has 11 heteroatoms. The van der Waals surface area contributed by atoms with E-state index in [4.69, 9.17) is 9.84 Å². The van der Waals surface area contributed by atoms with E-state index < -0.39 is 23.3 Å². The number of imidazole rings is 1. The first-order valence-corrected chi connectivity index (χ1v) is 9.65. The summed E-state index contributed by atoms with van der Waals surface area (Å²) in [5.41, 5.74) is -0.882. The Hall–Kier alpha value is -3.05. The lowest BCUT2D eigenvalue weighted by atomic mass is 10.3. The van der Waals surface area contributed by atoms with Crippen LogP contribution in [0.2, 0.25) is 0 Å². The Bertz CT molecular complexity index is 1150. The van der Waals surface area contributed by atoms with E-state index in [1.807, 2.05) is 6.07 Å². The number of nitrogens with zero attached hydrogens (tertiary/aromatic N) is 4. The van der Waals surface area contributed by atoms with E-state index in [0.29, 0.717) is 5.75 Å². The van der Waals surface area contributed by atoms with Crippen molar-refractivity contribution in [3.63, 3.8) is 0 Å². The van der Waals surface area contributed by atoms with Gasteiger partial charge in [-0.25, -0.2) is 9.78 Å². The van der Waals surface area contributed by atoms with E-state index in [9.17, 15) is 19.5 Å². The largest absolute Gasteiger partial charge is 0.491 e. The van der Waals surface area contributed by atoms with Crippen molar-refractivity contribution in [2.75, 3.05) is 12.4 Å². The van der Waals surface area contributed by atoms with Crippen LogP contribution in [0, 0.1) is 0 Å². The number of benzene rings is 1. The van der Waals surface area contributed by atoms with Crippen molar-refractivity contribution in [2.45, 2.75) is 17.8 Å². The summed E-state index contributed by atoms with van der Waals surface area (Å²) in [6.45, 7) is -0.0997. The van der Waals surface area contributed by atoms with Gasteiger partial charge in [-0.1, -0.05) is 30.0 Å². The number of hydrogen-bond donors (Lipinski definition) is 2. The summed E-state index contributed by atoms with van der Waals surface area (Å²) in [5.74, 6) is -0.752. The maximum absolute atomic E-state index is 12.7.